The third-order valence-corrected chi connectivity index (χ3v) is 3.53. The van der Waals surface area contributed by atoms with Crippen molar-refractivity contribution in [3.63, 3.8) is 0 Å². The van der Waals surface area contributed by atoms with Gasteiger partial charge in [-0.05, 0) is 51.1 Å². The molecule has 0 spiro atoms. The van der Waals surface area contributed by atoms with Gasteiger partial charge < -0.3 is 9.72 Å². The topological polar surface area (TPSA) is 59.2 Å². The van der Waals surface area contributed by atoms with Gasteiger partial charge in [0, 0.05) is 16.3 Å². The highest BCUT2D eigenvalue weighted by atomic mass is 16.5. The number of carbonyl (C=O) groups is 1. The number of aromatic amines is 1. The summed E-state index contributed by atoms with van der Waals surface area (Å²) in [6.45, 7) is 5.56. The van der Waals surface area contributed by atoms with Crippen molar-refractivity contribution in [3.8, 4) is 0 Å². The van der Waals surface area contributed by atoms with E-state index in [9.17, 15) is 9.59 Å². The minimum Gasteiger partial charge on any atom is -0.459 e. The monoisotopic (exact) mass is 295 g/mol. The quantitative estimate of drug-likeness (QED) is 0.581. The Labute approximate surface area is 127 Å². The van der Waals surface area contributed by atoms with Gasteiger partial charge in [0.25, 0.3) is 0 Å². The SMILES string of the molecule is Cc1ccc2[nH]c3cc(C(=O)OC(C)C)ccc3c(=O)c2c1. The molecular formula is C18H17NO3. The van der Waals surface area contributed by atoms with Crippen molar-refractivity contribution in [2.45, 2.75) is 26.9 Å². The number of pyridine rings is 1. The van der Waals surface area contributed by atoms with Gasteiger partial charge in [-0.3, -0.25) is 4.79 Å². The molecule has 0 radical (unpaired) electrons. The second-order valence-corrected chi connectivity index (χ2v) is 5.72. The highest BCUT2D eigenvalue weighted by Crippen LogP contribution is 2.18. The number of aryl methyl sites for hydroxylation is 1. The fourth-order valence-corrected chi connectivity index (χ4v) is 2.50. The van der Waals surface area contributed by atoms with Crippen molar-refractivity contribution in [2.75, 3.05) is 0 Å². The zero-order chi connectivity index (χ0) is 15.9. The number of ether oxygens (including phenoxy) is 1. The first-order valence-electron chi connectivity index (χ1n) is 7.23. The lowest BCUT2D eigenvalue weighted by Crippen LogP contribution is -2.12. The Morgan fingerprint density at radius 1 is 1.05 bits per heavy atom. The summed E-state index contributed by atoms with van der Waals surface area (Å²) in [5, 5.41) is 1.23. The summed E-state index contributed by atoms with van der Waals surface area (Å²) in [6.07, 6.45) is -0.179. The molecule has 2 aromatic carbocycles. The zero-order valence-electron chi connectivity index (χ0n) is 12.8. The number of aromatic nitrogens is 1. The lowest BCUT2D eigenvalue weighted by molar-refractivity contribution is 0.0378. The van der Waals surface area contributed by atoms with E-state index in [4.69, 9.17) is 4.74 Å². The molecule has 112 valence electrons. The van der Waals surface area contributed by atoms with Crippen LogP contribution in [0.2, 0.25) is 0 Å². The van der Waals surface area contributed by atoms with Gasteiger partial charge >= 0.3 is 5.97 Å². The Morgan fingerprint density at radius 2 is 1.82 bits per heavy atom. The van der Waals surface area contributed by atoms with Crippen LogP contribution in [0.15, 0.2) is 41.2 Å². The van der Waals surface area contributed by atoms with E-state index in [0.29, 0.717) is 21.9 Å². The van der Waals surface area contributed by atoms with Crippen molar-refractivity contribution >= 4 is 27.8 Å². The van der Waals surface area contributed by atoms with E-state index in [1.54, 1.807) is 32.0 Å². The number of hydrogen-bond acceptors (Lipinski definition) is 3. The molecule has 0 fully saturated rings. The highest BCUT2D eigenvalue weighted by Gasteiger charge is 2.12. The number of benzene rings is 2. The molecule has 3 rings (SSSR count). The van der Waals surface area contributed by atoms with Crippen LogP contribution in [0.1, 0.15) is 29.8 Å². The summed E-state index contributed by atoms with van der Waals surface area (Å²) in [7, 11) is 0. The molecule has 22 heavy (non-hydrogen) atoms. The molecule has 0 amide bonds. The molecule has 0 atom stereocenters. The van der Waals surface area contributed by atoms with Gasteiger partial charge in [0.05, 0.1) is 17.2 Å². The minimum atomic E-state index is -0.387. The zero-order valence-corrected chi connectivity index (χ0v) is 12.8. The van der Waals surface area contributed by atoms with Crippen LogP contribution in [0.4, 0.5) is 0 Å². The van der Waals surface area contributed by atoms with Gasteiger partial charge in [0.15, 0.2) is 5.43 Å². The summed E-state index contributed by atoms with van der Waals surface area (Å²) in [5.74, 6) is -0.387. The first-order chi connectivity index (χ1) is 10.5. The highest BCUT2D eigenvalue weighted by molar-refractivity contribution is 5.98. The molecule has 1 heterocycles. The molecule has 0 aliphatic rings. The first-order valence-corrected chi connectivity index (χ1v) is 7.23. The van der Waals surface area contributed by atoms with E-state index in [0.717, 1.165) is 11.1 Å². The molecule has 0 saturated carbocycles. The average molecular weight is 295 g/mol. The van der Waals surface area contributed by atoms with Crippen molar-refractivity contribution in [2.24, 2.45) is 0 Å². The Balaban J connectivity index is 2.21. The maximum Gasteiger partial charge on any atom is 0.338 e. The van der Waals surface area contributed by atoms with E-state index >= 15 is 0 Å². The van der Waals surface area contributed by atoms with Crippen LogP contribution < -0.4 is 5.43 Å². The van der Waals surface area contributed by atoms with E-state index in [-0.39, 0.29) is 17.5 Å². The summed E-state index contributed by atoms with van der Waals surface area (Å²) in [6, 6.07) is 10.7. The van der Waals surface area contributed by atoms with Crippen molar-refractivity contribution < 1.29 is 9.53 Å². The molecule has 0 unspecified atom stereocenters. The number of H-pyrrole nitrogens is 1. The Bertz CT molecular complexity index is 938. The van der Waals surface area contributed by atoms with Crippen LogP contribution in [0.5, 0.6) is 0 Å². The van der Waals surface area contributed by atoms with Crippen LogP contribution in [-0.4, -0.2) is 17.1 Å². The lowest BCUT2D eigenvalue weighted by atomic mass is 10.1. The second kappa shape index (κ2) is 5.30. The first kappa shape index (κ1) is 14.3. The molecule has 1 aromatic heterocycles. The standard InChI is InChI=1S/C18H17NO3/c1-10(2)22-18(21)12-5-6-13-16(9-12)19-15-7-4-11(3)8-14(15)17(13)20/h4-10H,1-3H3,(H,19,20). The maximum atomic E-state index is 12.6. The van der Waals surface area contributed by atoms with Crippen LogP contribution in [0, 0.1) is 6.92 Å². The summed E-state index contributed by atoms with van der Waals surface area (Å²) < 4.78 is 5.19. The largest absolute Gasteiger partial charge is 0.459 e. The number of fused-ring (bicyclic) bond motifs is 2. The van der Waals surface area contributed by atoms with E-state index in [1.165, 1.54) is 0 Å². The minimum absolute atomic E-state index is 0.0313. The van der Waals surface area contributed by atoms with E-state index < -0.39 is 0 Å². The summed E-state index contributed by atoms with van der Waals surface area (Å²) >= 11 is 0. The van der Waals surface area contributed by atoms with Crippen LogP contribution in [0.25, 0.3) is 21.8 Å². The summed E-state index contributed by atoms with van der Waals surface area (Å²) in [4.78, 5) is 27.8. The predicted octanol–water partition coefficient (Wildman–Crippen LogP) is 3.55. The number of nitrogens with one attached hydrogen (secondary N) is 1. The molecule has 0 saturated heterocycles. The molecular weight excluding hydrogens is 278 g/mol. The van der Waals surface area contributed by atoms with Gasteiger partial charge in [-0.25, -0.2) is 4.79 Å². The third-order valence-electron chi connectivity index (χ3n) is 3.53. The lowest BCUT2D eigenvalue weighted by Gasteiger charge is -2.09. The molecule has 0 bridgehead atoms. The smallest absolute Gasteiger partial charge is 0.338 e. The Kier molecular flexibility index (Phi) is 3.45. The second-order valence-electron chi connectivity index (χ2n) is 5.72. The molecule has 4 nitrogen and oxygen atoms in total. The third kappa shape index (κ3) is 2.48. The van der Waals surface area contributed by atoms with Crippen molar-refractivity contribution in [3.05, 3.63) is 57.7 Å². The maximum absolute atomic E-state index is 12.6. The molecule has 1 N–H and O–H groups in total. The van der Waals surface area contributed by atoms with Crippen molar-refractivity contribution in [1.29, 1.82) is 0 Å². The van der Waals surface area contributed by atoms with E-state index in [1.807, 2.05) is 25.1 Å². The van der Waals surface area contributed by atoms with Crippen LogP contribution in [-0.2, 0) is 4.74 Å². The molecule has 4 heteroatoms. The normalized spacial score (nSPS) is 11.3. The van der Waals surface area contributed by atoms with Crippen LogP contribution in [0.3, 0.4) is 0 Å². The molecule has 3 aromatic rings. The van der Waals surface area contributed by atoms with E-state index in [2.05, 4.69) is 4.98 Å². The Morgan fingerprint density at radius 3 is 2.55 bits per heavy atom. The van der Waals surface area contributed by atoms with Gasteiger partial charge in [-0.15, -0.1) is 0 Å². The number of esters is 1. The fraction of sp³-hybridized carbons (Fsp3) is 0.222. The van der Waals surface area contributed by atoms with Gasteiger partial charge in [0.1, 0.15) is 0 Å². The summed E-state index contributed by atoms with van der Waals surface area (Å²) in [5.41, 5.74) is 2.84. The van der Waals surface area contributed by atoms with Gasteiger partial charge in [-0.1, -0.05) is 11.6 Å². The van der Waals surface area contributed by atoms with Crippen LogP contribution >= 0.6 is 0 Å². The number of hydrogen-bond donors (Lipinski definition) is 1. The van der Waals surface area contributed by atoms with Gasteiger partial charge in [-0.2, -0.15) is 0 Å². The molecule has 0 aliphatic heterocycles. The predicted molar refractivity (Wildman–Crippen MR) is 87.4 cm³/mol. The molecule has 0 aliphatic carbocycles. The average Bonchev–Trinajstić information content (AvgIpc) is 2.47. The fourth-order valence-electron chi connectivity index (χ4n) is 2.50. The number of carbonyl (C=O) groups excluding carboxylic acids is 1. The number of rotatable bonds is 2. The van der Waals surface area contributed by atoms with Gasteiger partial charge in [0.2, 0.25) is 0 Å². The Hall–Kier alpha value is -2.62. The van der Waals surface area contributed by atoms with Crippen molar-refractivity contribution in [1.82, 2.24) is 4.98 Å².